The van der Waals surface area contributed by atoms with Crippen LogP contribution in [0.15, 0.2) is 42.6 Å². The Morgan fingerprint density at radius 2 is 2.10 bits per heavy atom. The van der Waals surface area contributed by atoms with Crippen LogP contribution in [0.1, 0.15) is 15.9 Å². The number of carbonyl (C=O) groups is 1. The van der Waals surface area contributed by atoms with Crippen molar-refractivity contribution in [2.75, 3.05) is 7.11 Å². The Balaban J connectivity index is 2.20. The zero-order valence-electron chi connectivity index (χ0n) is 11.1. The monoisotopic (exact) mass is 303 g/mol. The van der Waals surface area contributed by atoms with Gasteiger partial charge in [-0.05, 0) is 30.3 Å². The van der Waals surface area contributed by atoms with Crippen LogP contribution in [0.25, 0.3) is 10.9 Å². The topological polar surface area (TPSA) is 42.1 Å². The van der Waals surface area contributed by atoms with Gasteiger partial charge in [0, 0.05) is 27.7 Å². The molecule has 3 rings (SSSR count). The zero-order valence-corrected chi connectivity index (χ0v) is 11.9. The third kappa shape index (κ3) is 2.28. The van der Waals surface area contributed by atoms with Gasteiger partial charge in [0.2, 0.25) is 5.78 Å². The first-order valence-corrected chi connectivity index (χ1v) is 6.63. The lowest BCUT2D eigenvalue weighted by Gasteiger charge is -2.08. The first-order valence-electron chi connectivity index (χ1n) is 6.25. The number of methoxy groups -OCH3 is 1. The molecule has 0 radical (unpaired) electrons. The first kappa shape index (κ1) is 13.6. The van der Waals surface area contributed by atoms with Gasteiger partial charge in [0.25, 0.3) is 0 Å². The quantitative estimate of drug-likeness (QED) is 0.737. The Hall–Kier alpha value is -2.33. The molecule has 0 fully saturated rings. The Labute approximate surface area is 125 Å². The highest BCUT2D eigenvalue weighted by Crippen LogP contribution is 2.29. The second-order valence-electron chi connectivity index (χ2n) is 4.54. The first-order chi connectivity index (χ1) is 10.1. The number of ether oxygens (including phenoxy) is 1. The molecule has 5 heteroatoms. The maximum absolute atomic E-state index is 14.0. The lowest BCUT2D eigenvalue weighted by Crippen LogP contribution is -2.06. The maximum Gasteiger partial charge on any atom is 0.201 e. The molecule has 1 N–H and O–H groups in total. The largest absolute Gasteiger partial charge is 0.496 e. The number of hydrogen-bond donors (Lipinski definition) is 1. The Morgan fingerprint density at radius 1 is 1.29 bits per heavy atom. The molecule has 0 aliphatic rings. The lowest BCUT2D eigenvalue weighted by atomic mass is 10.0. The molecule has 0 unspecified atom stereocenters. The molecule has 2 aromatic carbocycles. The van der Waals surface area contributed by atoms with Gasteiger partial charge in [-0.1, -0.05) is 17.7 Å². The summed E-state index contributed by atoms with van der Waals surface area (Å²) in [5.41, 5.74) is 1.04. The van der Waals surface area contributed by atoms with Crippen molar-refractivity contribution in [3.63, 3.8) is 0 Å². The van der Waals surface area contributed by atoms with E-state index in [-0.39, 0.29) is 11.3 Å². The predicted molar refractivity (Wildman–Crippen MR) is 79.7 cm³/mol. The van der Waals surface area contributed by atoms with E-state index in [9.17, 15) is 9.18 Å². The third-order valence-corrected chi connectivity index (χ3v) is 3.55. The van der Waals surface area contributed by atoms with Crippen molar-refractivity contribution in [2.24, 2.45) is 0 Å². The molecule has 0 bridgehead atoms. The van der Waals surface area contributed by atoms with Crippen molar-refractivity contribution < 1.29 is 13.9 Å². The second kappa shape index (κ2) is 5.22. The number of benzene rings is 2. The number of nitrogens with one attached hydrogen (secondary N) is 1. The molecule has 106 valence electrons. The van der Waals surface area contributed by atoms with Gasteiger partial charge < -0.3 is 9.72 Å². The molecule has 0 saturated heterocycles. The zero-order chi connectivity index (χ0) is 15.0. The summed E-state index contributed by atoms with van der Waals surface area (Å²) in [6, 6.07) is 9.45. The predicted octanol–water partition coefficient (Wildman–Crippen LogP) is 4.20. The van der Waals surface area contributed by atoms with Gasteiger partial charge in [0.05, 0.1) is 7.11 Å². The number of fused-ring (bicyclic) bond motifs is 1. The number of H-pyrrole nitrogens is 1. The molecular weight excluding hydrogens is 293 g/mol. The van der Waals surface area contributed by atoms with Crippen molar-refractivity contribution in [3.05, 3.63) is 64.6 Å². The summed E-state index contributed by atoms with van der Waals surface area (Å²) >= 11 is 5.96. The minimum atomic E-state index is -0.615. The fourth-order valence-electron chi connectivity index (χ4n) is 2.31. The van der Waals surface area contributed by atoms with E-state index in [0.717, 1.165) is 5.52 Å². The van der Waals surface area contributed by atoms with Gasteiger partial charge in [0.15, 0.2) is 0 Å². The highest BCUT2D eigenvalue weighted by Gasteiger charge is 2.21. The Bertz CT molecular complexity index is 841. The van der Waals surface area contributed by atoms with Crippen LogP contribution in [0.4, 0.5) is 4.39 Å². The van der Waals surface area contributed by atoms with E-state index in [4.69, 9.17) is 16.3 Å². The molecule has 21 heavy (non-hydrogen) atoms. The van der Waals surface area contributed by atoms with Crippen molar-refractivity contribution in [2.45, 2.75) is 0 Å². The van der Waals surface area contributed by atoms with Crippen LogP contribution < -0.4 is 4.74 Å². The normalized spacial score (nSPS) is 10.8. The Kier molecular flexibility index (Phi) is 3.39. The summed E-state index contributed by atoms with van der Waals surface area (Å²) in [6.07, 6.45) is 1.55. The maximum atomic E-state index is 14.0. The smallest absolute Gasteiger partial charge is 0.201 e. The summed E-state index contributed by atoms with van der Waals surface area (Å²) in [5, 5.41) is 1.16. The van der Waals surface area contributed by atoms with E-state index in [1.165, 1.54) is 19.2 Å². The fourth-order valence-corrected chi connectivity index (χ4v) is 2.48. The van der Waals surface area contributed by atoms with Crippen LogP contribution in [-0.4, -0.2) is 17.9 Å². The minimum absolute atomic E-state index is 0.0825. The molecule has 0 atom stereocenters. The number of halogens is 2. The molecular formula is C16H11ClFNO2. The molecule has 3 nitrogen and oxygen atoms in total. The van der Waals surface area contributed by atoms with Gasteiger partial charge in [-0.3, -0.25) is 4.79 Å². The number of carbonyl (C=O) groups excluding carboxylic acids is 1. The summed E-state index contributed by atoms with van der Waals surface area (Å²) < 4.78 is 19.1. The molecule has 0 spiro atoms. The summed E-state index contributed by atoms with van der Waals surface area (Å²) in [4.78, 5) is 15.6. The van der Waals surface area contributed by atoms with Crippen LogP contribution in [0, 0.1) is 5.82 Å². The summed E-state index contributed by atoms with van der Waals surface area (Å²) in [6.45, 7) is 0. The lowest BCUT2D eigenvalue weighted by molar-refractivity contribution is 0.103. The SMILES string of the molecule is COc1cccc(F)c1C(=O)c1c[nH]c2ccc(Cl)cc12. The molecule has 3 aromatic rings. The van der Waals surface area contributed by atoms with Crippen molar-refractivity contribution in [1.29, 1.82) is 0 Å². The molecule has 0 amide bonds. The highest BCUT2D eigenvalue weighted by atomic mass is 35.5. The van der Waals surface area contributed by atoms with Gasteiger partial charge in [0.1, 0.15) is 17.1 Å². The van der Waals surface area contributed by atoms with Gasteiger partial charge in [-0.25, -0.2) is 4.39 Å². The number of aromatic amines is 1. The fraction of sp³-hybridized carbons (Fsp3) is 0.0625. The molecule has 1 aromatic heterocycles. The highest BCUT2D eigenvalue weighted by molar-refractivity contribution is 6.31. The van der Waals surface area contributed by atoms with E-state index >= 15 is 0 Å². The molecule has 0 saturated carbocycles. The minimum Gasteiger partial charge on any atom is -0.496 e. The summed E-state index contributed by atoms with van der Waals surface area (Å²) in [5.74, 6) is -0.856. The molecule has 0 aliphatic carbocycles. The van der Waals surface area contributed by atoms with Crippen LogP contribution in [0.2, 0.25) is 5.02 Å². The van der Waals surface area contributed by atoms with Gasteiger partial charge in [-0.15, -0.1) is 0 Å². The second-order valence-corrected chi connectivity index (χ2v) is 4.97. The third-order valence-electron chi connectivity index (χ3n) is 3.31. The summed E-state index contributed by atoms with van der Waals surface area (Å²) in [7, 11) is 1.40. The number of hydrogen-bond acceptors (Lipinski definition) is 2. The van der Waals surface area contributed by atoms with E-state index < -0.39 is 11.6 Å². The average Bonchev–Trinajstić information content (AvgIpc) is 2.89. The van der Waals surface area contributed by atoms with E-state index in [2.05, 4.69) is 4.98 Å². The standard InChI is InChI=1S/C16H11ClFNO2/c1-21-14-4-2-3-12(18)15(14)16(20)11-8-19-13-6-5-9(17)7-10(11)13/h2-8,19H,1H3. The molecule has 1 heterocycles. The van der Waals surface area contributed by atoms with Crippen LogP contribution >= 0.6 is 11.6 Å². The van der Waals surface area contributed by atoms with E-state index in [0.29, 0.717) is 16.0 Å². The van der Waals surface area contributed by atoms with Crippen molar-refractivity contribution >= 4 is 28.3 Å². The number of ketones is 1. The van der Waals surface area contributed by atoms with E-state index in [1.807, 2.05) is 0 Å². The van der Waals surface area contributed by atoms with Crippen LogP contribution in [-0.2, 0) is 0 Å². The number of aromatic nitrogens is 1. The van der Waals surface area contributed by atoms with Gasteiger partial charge in [-0.2, -0.15) is 0 Å². The molecule has 0 aliphatic heterocycles. The number of rotatable bonds is 3. The van der Waals surface area contributed by atoms with Crippen LogP contribution in [0.5, 0.6) is 5.75 Å². The average molecular weight is 304 g/mol. The Morgan fingerprint density at radius 3 is 2.86 bits per heavy atom. The van der Waals surface area contributed by atoms with Gasteiger partial charge >= 0.3 is 0 Å². The van der Waals surface area contributed by atoms with Crippen LogP contribution in [0.3, 0.4) is 0 Å². The van der Waals surface area contributed by atoms with Crippen molar-refractivity contribution in [1.82, 2.24) is 4.98 Å². The van der Waals surface area contributed by atoms with Crippen molar-refractivity contribution in [3.8, 4) is 5.75 Å². The van der Waals surface area contributed by atoms with E-state index in [1.54, 1.807) is 30.5 Å².